The molecule has 1 aromatic carbocycles. The number of hydrogen-bond donors (Lipinski definition) is 1. The van der Waals surface area contributed by atoms with Crippen LogP contribution in [0.1, 0.15) is 45.0 Å². The molecule has 0 bridgehead atoms. The van der Waals surface area contributed by atoms with Crippen molar-refractivity contribution in [3.8, 4) is 0 Å². The number of benzene rings is 1. The molecular formula is C16H22BrNO3. The zero-order valence-corrected chi connectivity index (χ0v) is 14.7. The highest BCUT2D eigenvalue weighted by molar-refractivity contribution is 9.10. The predicted molar refractivity (Wildman–Crippen MR) is 86.1 cm³/mol. The van der Waals surface area contributed by atoms with E-state index >= 15 is 0 Å². The van der Waals surface area contributed by atoms with Crippen molar-refractivity contribution in [1.29, 1.82) is 0 Å². The van der Waals surface area contributed by atoms with Crippen LogP contribution in [0.25, 0.3) is 0 Å². The van der Waals surface area contributed by atoms with Gasteiger partial charge in [0.05, 0.1) is 0 Å². The highest BCUT2D eigenvalue weighted by Gasteiger charge is 2.29. The van der Waals surface area contributed by atoms with Crippen LogP contribution < -0.4 is 5.32 Å². The van der Waals surface area contributed by atoms with Gasteiger partial charge in [-0.05, 0) is 51.0 Å². The van der Waals surface area contributed by atoms with E-state index in [1.807, 2.05) is 13.8 Å². The summed E-state index contributed by atoms with van der Waals surface area (Å²) >= 11 is 3.32. The minimum Gasteiger partial charge on any atom is -0.458 e. The summed E-state index contributed by atoms with van der Waals surface area (Å²) in [5.74, 6) is -0.755. The topological polar surface area (TPSA) is 55.4 Å². The van der Waals surface area contributed by atoms with E-state index < -0.39 is 17.6 Å². The molecule has 0 radical (unpaired) electrons. The number of esters is 1. The summed E-state index contributed by atoms with van der Waals surface area (Å²) in [4.78, 5) is 24.4. The van der Waals surface area contributed by atoms with E-state index in [4.69, 9.17) is 4.74 Å². The monoisotopic (exact) mass is 355 g/mol. The molecule has 1 amide bonds. The average Bonchev–Trinajstić information content (AvgIpc) is 2.33. The van der Waals surface area contributed by atoms with Gasteiger partial charge >= 0.3 is 5.97 Å². The molecule has 21 heavy (non-hydrogen) atoms. The summed E-state index contributed by atoms with van der Waals surface area (Å²) in [6.07, 6.45) is 0. The van der Waals surface area contributed by atoms with E-state index in [9.17, 15) is 9.59 Å². The second kappa shape index (κ2) is 7.07. The molecule has 1 aromatic rings. The Bertz CT molecular complexity index is 503. The smallest absolute Gasteiger partial charge is 0.329 e. The number of rotatable bonds is 4. The van der Waals surface area contributed by atoms with Crippen LogP contribution in [-0.4, -0.2) is 23.5 Å². The molecule has 4 nitrogen and oxygen atoms in total. The van der Waals surface area contributed by atoms with Crippen LogP contribution >= 0.6 is 15.9 Å². The van der Waals surface area contributed by atoms with Crippen molar-refractivity contribution in [2.45, 2.75) is 46.3 Å². The van der Waals surface area contributed by atoms with Crippen LogP contribution in [-0.2, 0) is 9.53 Å². The molecule has 0 saturated heterocycles. The van der Waals surface area contributed by atoms with Crippen molar-refractivity contribution in [3.63, 3.8) is 0 Å². The Balaban J connectivity index is 2.81. The van der Waals surface area contributed by atoms with E-state index in [1.54, 1.807) is 45.0 Å². The summed E-state index contributed by atoms with van der Waals surface area (Å²) < 4.78 is 6.25. The van der Waals surface area contributed by atoms with E-state index in [0.717, 1.165) is 4.47 Å². The number of ether oxygens (including phenoxy) is 1. The van der Waals surface area contributed by atoms with Gasteiger partial charge in [0.1, 0.15) is 11.6 Å². The molecule has 1 rings (SSSR count). The second-order valence-electron chi connectivity index (χ2n) is 6.24. The SMILES string of the molecule is CC(C)[C@@H](NC(=O)c1ccc(Br)cc1)C(=O)OC(C)(C)C. The highest BCUT2D eigenvalue weighted by atomic mass is 79.9. The Hall–Kier alpha value is -1.36. The number of amides is 1. The van der Waals surface area contributed by atoms with Crippen LogP contribution in [0.5, 0.6) is 0 Å². The zero-order chi connectivity index (χ0) is 16.2. The minimum atomic E-state index is -0.666. The average molecular weight is 356 g/mol. The van der Waals surface area contributed by atoms with Crippen molar-refractivity contribution in [2.24, 2.45) is 5.92 Å². The number of carbonyl (C=O) groups excluding carboxylic acids is 2. The molecule has 116 valence electrons. The molecule has 1 atom stereocenters. The summed E-state index contributed by atoms with van der Waals surface area (Å²) in [6.45, 7) is 9.16. The van der Waals surface area contributed by atoms with Crippen molar-refractivity contribution in [3.05, 3.63) is 34.3 Å². The van der Waals surface area contributed by atoms with E-state index in [1.165, 1.54) is 0 Å². The van der Waals surface area contributed by atoms with Gasteiger partial charge in [-0.15, -0.1) is 0 Å². The lowest BCUT2D eigenvalue weighted by molar-refractivity contribution is -0.158. The number of carbonyl (C=O) groups is 2. The van der Waals surface area contributed by atoms with Gasteiger partial charge in [-0.1, -0.05) is 29.8 Å². The summed E-state index contributed by atoms with van der Waals surface area (Å²) in [6, 6.07) is 6.30. The molecule has 0 heterocycles. The molecule has 0 spiro atoms. The Kier molecular flexibility index (Phi) is 5.96. The van der Waals surface area contributed by atoms with Crippen molar-refractivity contribution in [2.75, 3.05) is 0 Å². The van der Waals surface area contributed by atoms with Gasteiger partial charge < -0.3 is 10.1 Å². The maximum absolute atomic E-state index is 12.2. The van der Waals surface area contributed by atoms with Crippen LogP contribution in [0.2, 0.25) is 0 Å². The first-order valence-electron chi connectivity index (χ1n) is 6.89. The third-order valence-electron chi connectivity index (χ3n) is 2.72. The minimum absolute atomic E-state index is 0.0563. The molecule has 1 N–H and O–H groups in total. The lowest BCUT2D eigenvalue weighted by atomic mass is 10.0. The maximum Gasteiger partial charge on any atom is 0.329 e. The van der Waals surface area contributed by atoms with E-state index in [2.05, 4.69) is 21.2 Å². The fraction of sp³-hybridized carbons (Fsp3) is 0.500. The first kappa shape index (κ1) is 17.7. The Morgan fingerprint density at radius 2 is 1.67 bits per heavy atom. The first-order chi connectivity index (χ1) is 9.60. The highest BCUT2D eigenvalue weighted by Crippen LogP contribution is 2.14. The van der Waals surface area contributed by atoms with Gasteiger partial charge in [0.25, 0.3) is 5.91 Å². The Morgan fingerprint density at radius 1 is 1.14 bits per heavy atom. The van der Waals surface area contributed by atoms with Crippen LogP contribution in [0.4, 0.5) is 0 Å². The van der Waals surface area contributed by atoms with Gasteiger partial charge in [0.15, 0.2) is 0 Å². The fourth-order valence-electron chi connectivity index (χ4n) is 1.69. The molecule has 0 aliphatic carbocycles. The molecule has 0 unspecified atom stereocenters. The largest absolute Gasteiger partial charge is 0.458 e. The van der Waals surface area contributed by atoms with Gasteiger partial charge in [0, 0.05) is 10.0 Å². The van der Waals surface area contributed by atoms with Gasteiger partial charge in [-0.3, -0.25) is 4.79 Å². The molecular weight excluding hydrogens is 334 g/mol. The molecule has 0 fully saturated rings. The van der Waals surface area contributed by atoms with E-state index in [-0.39, 0.29) is 11.8 Å². The molecule has 0 aliphatic heterocycles. The third-order valence-corrected chi connectivity index (χ3v) is 3.25. The summed E-state index contributed by atoms with van der Waals surface area (Å²) in [7, 11) is 0. The van der Waals surface area contributed by atoms with Gasteiger partial charge in [-0.25, -0.2) is 4.79 Å². The molecule has 0 aromatic heterocycles. The van der Waals surface area contributed by atoms with E-state index in [0.29, 0.717) is 5.56 Å². The maximum atomic E-state index is 12.2. The van der Waals surface area contributed by atoms with Crippen molar-refractivity contribution in [1.82, 2.24) is 5.32 Å². The molecule has 0 aliphatic rings. The van der Waals surface area contributed by atoms with Crippen molar-refractivity contribution >= 4 is 27.8 Å². The van der Waals surface area contributed by atoms with Crippen molar-refractivity contribution < 1.29 is 14.3 Å². The second-order valence-corrected chi connectivity index (χ2v) is 7.15. The summed E-state index contributed by atoms with van der Waals surface area (Å²) in [5.41, 5.74) is -0.0700. The quantitative estimate of drug-likeness (QED) is 0.840. The predicted octanol–water partition coefficient (Wildman–Crippen LogP) is 3.55. The van der Waals surface area contributed by atoms with Crippen LogP contribution in [0, 0.1) is 5.92 Å². The summed E-state index contributed by atoms with van der Waals surface area (Å²) in [5, 5.41) is 2.75. The standard InChI is InChI=1S/C16H22BrNO3/c1-10(2)13(15(20)21-16(3,4)5)18-14(19)11-6-8-12(17)9-7-11/h6-10,13H,1-5H3,(H,18,19)/t13-/m1/s1. The third kappa shape index (κ3) is 5.87. The lowest BCUT2D eigenvalue weighted by Gasteiger charge is -2.26. The normalized spacial score (nSPS) is 12.9. The van der Waals surface area contributed by atoms with Gasteiger partial charge in [0.2, 0.25) is 0 Å². The Labute approximate surface area is 134 Å². The number of halogens is 1. The lowest BCUT2D eigenvalue weighted by Crippen LogP contribution is -2.47. The number of nitrogens with one attached hydrogen (secondary N) is 1. The molecule has 5 heteroatoms. The van der Waals surface area contributed by atoms with Gasteiger partial charge in [-0.2, -0.15) is 0 Å². The van der Waals surface area contributed by atoms with Crippen LogP contribution in [0.3, 0.4) is 0 Å². The first-order valence-corrected chi connectivity index (χ1v) is 7.69. The van der Waals surface area contributed by atoms with Crippen LogP contribution in [0.15, 0.2) is 28.7 Å². The molecule has 0 saturated carbocycles. The zero-order valence-electron chi connectivity index (χ0n) is 13.1. The fourth-order valence-corrected chi connectivity index (χ4v) is 1.95. The number of hydrogen-bond acceptors (Lipinski definition) is 3. The Morgan fingerprint density at radius 3 is 2.10 bits per heavy atom.